The van der Waals surface area contributed by atoms with Crippen molar-refractivity contribution in [2.75, 3.05) is 20.2 Å². The summed E-state index contributed by atoms with van der Waals surface area (Å²) >= 11 is 0. The van der Waals surface area contributed by atoms with E-state index in [9.17, 15) is 0 Å². The van der Waals surface area contributed by atoms with E-state index in [1.165, 1.54) is 5.56 Å². The second-order valence-corrected chi connectivity index (χ2v) is 4.80. The number of rotatable bonds is 5. The van der Waals surface area contributed by atoms with Gasteiger partial charge >= 0.3 is 0 Å². The van der Waals surface area contributed by atoms with Crippen LogP contribution in [0.2, 0.25) is 0 Å². The fourth-order valence-electron chi connectivity index (χ4n) is 1.51. The fourth-order valence-corrected chi connectivity index (χ4v) is 1.51. The van der Waals surface area contributed by atoms with Gasteiger partial charge in [0.15, 0.2) is 0 Å². The Morgan fingerprint density at radius 1 is 1.33 bits per heavy atom. The molecule has 0 bridgehead atoms. The maximum atomic E-state index is 5.76. The van der Waals surface area contributed by atoms with Crippen LogP contribution in [-0.4, -0.2) is 20.2 Å². The maximum Gasteiger partial charge on any atom is 0.119 e. The lowest BCUT2D eigenvalue weighted by Gasteiger charge is -2.24. The van der Waals surface area contributed by atoms with Gasteiger partial charge in [0.25, 0.3) is 0 Å². The molecule has 2 nitrogen and oxygen atoms in total. The Bertz CT molecular complexity index is 307. The third-order valence-electron chi connectivity index (χ3n) is 2.27. The molecule has 0 fully saturated rings. The molecule has 0 aliphatic heterocycles. The molecule has 0 atom stereocenters. The second kappa shape index (κ2) is 5.17. The van der Waals surface area contributed by atoms with Crippen molar-refractivity contribution in [2.45, 2.75) is 20.8 Å². The van der Waals surface area contributed by atoms with Crippen LogP contribution in [0.15, 0.2) is 24.3 Å². The summed E-state index contributed by atoms with van der Waals surface area (Å²) in [7, 11) is 1.97. The minimum Gasteiger partial charge on any atom is -0.493 e. The van der Waals surface area contributed by atoms with E-state index in [1.807, 2.05) is 19.2 Å². The first-order chi connectivity index (χ1) is 7.03. The highest BCUT2D eigenvalue weighted by Gasteiger charge is 2.17. The molecule has 0 aliphatic rings. The number of aryl methyl sites for hydroxylation is 1. The number of hydrogen-bond acceptors (Lipinski definition) is 2. The van der Waals surface area contributed by atoms with Gasteiger partial charge in [-0.25, -0.2) is 0 Å². The van der Waals surface area contributed by atoms with Gasteiger partial charge in [-0.1, -0.05) is 26.0 Å². The first kappa shape index (κ1) is 12.1. The Morgan fingerprint density at radius 2 is 2.07 bits per heavy atom. The predicted octanol–water partition coefficient (Wildman–Crippen LogP) is 2.62. The minimum absolute atomic E-state index is 0.165. The van der Waals surface area contributed by atoms with Gasteiger partial charge < -0.3 is 10.1 Å². The number of hydrogen-bond donors (Lipinski definition) is 1. The molecule has 2 heteroatoms. The van der Waals surface area contributed by atoms with E-state index in [4.69, 9.17) is 4.74 Å². The maximum absolute atomic E-state index is 5.76. The van der Waals surface area contributed by atoms with Crippen LogP contribution in [0.1, 0.15) is 19.4 Å². The molecule has 1 rings (SSSR count). The van der Waals surface area contributed by atoms with E-state index in [1.54, 1.807) is 0 Å². The molecule has 0 saturated heterocycles. The first-order valence-electron chi connectivity index (χ1n) is 5.37. The molecule has 0 radical (unpaired) electrons. The van der Waals surface area contributed by atoms with Crippen LogP contribution in [0.5, 0.6) is 5.75 Å². The summed E-state index contributed by atoms with van der Waals surface area (Å²) in [4.78, 5) is 0. The zero-order valence-electron chi connectivity index (χ0n) is 10.1. The van der Waals surface area contributed by atoms with Gasteiger partial charge in [0, 0.05) is 12.0 Å². The van der Waals surface area contributed by atoms with Crippen molar-refractivity contribution in [3.05, 3.63) is 29.8 Å². The molecule has 84 valence electrons. The summed E-state index contributed by atoms with van der Waals surface area (Å²) in [5.74, 6) is 0.958. The van der Waals surface area contributed by atoms with Crippen LogP contribution in [0.25, 0.3) is 0 Å². The lowest BCUT2D eigenvalue weighted by atomic mass is 9.95. The zero-order valence-corrected chi connectivity index (χ0v) is 10.1. The molecule has 0 saturated carbocycles. The molecule has 0 amide bonds. The van der Waals surface area contributed by atoms with Crippen molar-refractivity contribution < 1.29 is 4.74 Å². The van der Waals surface area contributed by atoms with E-state index >= 15 is 0 Å². The van der Waals surface area contributed by atoms with E-state index in [-0.39, 0.29) is 5.41 Å². The summed E-state index contributed by atoms with van der Waals surface area (Å²) in [5, 5.41) is 3.18. The van der Waals surface area contributed by atoms with E-state index < -0.39 is 0 Å². The van der Waals surface area contributed by atoms with Crippen LogP contribution in [-0.2, 0) is 0 Å². The molecular weight excluding hydrogens is 186 g/mol. The number of ether oxygens (including phenoxy) is 1. The summed E-state index contributed by atoms with van der Waals surface area (Å²) in [5.41, 5.74) is 1.40. The lowest BCUT2D eigenvalue weighted by molar-refractivity contribution is 0.179. The highest BCUT2D eigenvalue weighted by Crippen LogP contribution is 2.18. The van der Waals surface area contributed by atoms with Gasteiger partial charge in [0.2, 0.25) is 0 Å². The molecule has 0 unspecified atom stereocenters. The van der Waals surface area contributed by atoms with Gasteiger partial charge in [-0.2, -0.15) is 0 Å². The van der Waals surface area contributed by atoms with Gasteiger partial charge in [-0.3, -0.25) is 0 Å². The molecule has 0 aliphatic carbocycles. The third kappa shape index (κ3) is 4.34. The summed E-state index contributed by atoms with van der Waals surface area (Å²) in [6, 6.07) is 8.17. The van der Waals surface area contributed by atoms with Crippen molar-refractivity contribution in [1.29, 1.82) is 0 Å². The number of nitrogens with one attached hydrogen (secondary N) is 1. The molecule has 1 N–H and O–H groups in total. The monoisotopic (exact) mass is 207 g/mol. The largest absolute Gasteiger partial charge is 0.493 e. The Kier molecular flexibility index (Phi) is 4.15. The highest BCUT2D eigenvalue weighted by atomic mass is 16.5. The minimum atomic E-state index is 0.165. The van der Waals surface area contributed by atoms with Crippen molar-refractivity contribution in [2.24, 2.45) is 5.41 Å². The van der Waals surface area contributed by atoms with Crippen LogP contribution >= 0.6 is 0 Å². The average molecular weight is 207 g/mol. The van der Waals surface area contributed by atoms with Crippen LogP contribution in [0.3, 0.4) is 0 Å². The molecule has 0 heterocycles. The normalized spacial score (nSPS) is 11.5. The van der Waals surface area contributed by atoms with E-state index in [2.05, 4.69) is 38.2 Å². The van der Waals surface area contributed by atoms with Gasteiger partial charge in [0.05, 0.1) is 6.61 Å². The SMILES string of the molecule is CNCC(C)(C)COc1cccc(C)c1. The molecule has 0 spiro atoms. The standard InChI is InChI=1S/C13H21NO/c1-11-6-5-7-12(8-11)15-10-13(2,3)9-14-4/h5-8,14H,9-10H2,1-4H3. The second-order valence-electron chi connectivity index (χ2n) is 4.80. The van der Waals surface area contributed by atoms with E-state index in [0.29, 0.717) is 0 Å². The van der Waals surface area contributed by atoms with Crippen LogP contribution < -0.4 is 10.1 Å². The molecule has 1 aromatic rings. The molecule has 0 aromatic heterocycles. The molecular formula is C13H21NO. The Hall–Kier alpha value is -1.02. The van der Waals surface area contributed by atoms with E-state index in [0.717, 1.165) is 18.9 Å². The quantitative estimate of drug-likeness (QED) is 0.801. The van der Waals surface area contributed by atoms with Gasteiger partial charge in [-0.15, -0.1) is 0 Å². The number of benzene rings is 1. The molecule has 1 aromatic carbocycles. The van der Waals surface area contributed by atoms with Crippen LogP contribution in [0.4, 0.5) is 0 Å². The summed E-state index contributed by atoms with van der Waals surface area (Å²) < 4.78 is 5.76. The average Bonchev–Trinajstić information content (AvgIpc) is 2.15. The van der Waals surface area contributed by atoms with Crippen molar-refractivity contribution in [3.8, 4) is 5.75 Å². The Morgan fingerprint density at radius 3 is 2.67 bits per heavy atom. The van der Waals surface area contributed by atoms with Crippen LogP contribution in [0, 0.1) is 12.3 Å². The van der Waals surface area contributed by atoms with Crippen molar-refractivity contribution in [3.63, 3.8) is 0 Å². The lowest BCUT2D eigenvalue weighted by Crippen LogP contribution is -2.32. The smallest absolute Gasteiger partial charge is 0.119 e. The summed E-state index contributed by atoms with van der Waals surface area (Å²) in [6.45, 7) is 8.15. The predicted molar refractivity (Wildman–Crippen MR) is 64.4 cm³/mol. The first-order valence-corrected chi connectivity index (χ1v) is 5.37. The highest BCUT2D eigenvalue weighted by molar-refractivity contribution is 5.27. The summed E-state index contributed by atoms with van der Waals surface area (Å²) in [6.07, 6.45) is 0. The molecule has 15 heavy (non-hydrogen) atoms. The van der Waals surface area contributed by atoms with Crippen molar-refractivity contribution in [1.82, 2.24) is 5.32 Å². The Balaban J connectivity index is 2.49. The topological polar surface area (TPSA) is 21.3 Å². The third-order valence-corrected chi connectivity index (χ3v) is 2.27. The van der Waals surface area contributed by atoms with Gasteiger partial charge in [0.1, 0.15) is 5.75 Å². The van der Waals surface area contributed by atoms with Gasteiger partial charge in [-0.05, 0) is 31.7 Å². The van der Waals surface area contributed by atoms with Crippen molar-refractivity contribution >= 4 is 0 Å². The fraction of sp³-hybridized carbons (Fsp3) is 0.538. The zero-order chi connectivity index (χ0) is 11.3. The Labute approximate surface area is 92.6 Å².